The Morgan fingerprint density at radius 1 is 0.844 bits per heavy atom. The monoisotopic (exact) mass is 482 g/mol. The fraction of sp³-hybridized carbons (Fsp3) is 0.600. The molecule has 1 fully saturated rings. The molecule has 0 unspecified atom stereocenters. The zero-order valence-electron chi connectivity index (χ0n) is 17.9. The average molecular weight is 483 g/mol. The lowest BCUT2D eigenvalue weighted by molar-refractivity contribution is -0.126. The number of nitrogens with zero attached hydrogens (tertiary/aromatic N) is 4. The number of carbonyl (C=O) groups excluding carboxylic acids is 2. The summed E-state index contributed by atoms with van der Waals surface area (Å²) in [6.07, 6.45) is 11.0. The molecule has 1 aliphatic heterocycles. The molecule has 12 heteroatoms. The lowest BCUT2D eigenvalue weighted by Crippen LogP contribution is -2.39. The van der Waals surface area contributed by atoms with Gasteiger partial charge in [0.15, 0.2) is 0 Å². The molecular formula is C20H30N6O4S2. The van der Waals surface area contributed by atoms with Crippen LogP contribution in [0.1, 0.15) is 12.8 Å². The third-order valence-electron chi connectivity index (χ3n) is 4.79. The highest BCUT2D eigenvalue weighted by Gasteiger charge is 2.28. The third-order valence-corrected chi connectivity index (χ3v) is 7.20. The van der Waals surface area contributed by atoms with Crippen molar-refractivity contribution in [1.82, 2.24) is 29.7 Å². The van der Waals surface area contributed by atoms with E-state index in [9.17, 15) is 9.59 Å². The second-order valence-electron chi connectivity index (χ2n) is 7.19. The van der Waals surface area contributed by atoms with E-state index in [4.69, 9.17) is 9.47 Å². The van der Waals surface area contributed by atoms with Gasteiger partial charge < -0.3 is 29.2 Å². The van der Waals surface area contributed by atoms with E-state index in [2.05, 4.69) is 20.6 Å². The van der Waals surface area contributed by atoms with Gasteiger partial charge in [0.1, 0.15) is 0 Å². The van der Waals surface area contributed by atoms with Gasteiger partial charge in [-0.1, -0.05) is 21.6 Å². The molecule has 0 aromatic carbocycles. The van der Waals surface area contributed by atoms with E-state index in [0.717, 1.165) is 11.5 Å². The number of aromatic nitrogens is 4. The van der Waals surface area contributed by atoms with Crippen LogP contribution in [0.25, 0.3) is 0 Å². The highest BCUT2D eigenvalue weighted by molar-refractivity contribution is 8.76. The second kappa shape index (κ2) is 14.2. The van der Waals surface area contributed by atoms with Crippen molar-refractivity contribution in [2.75, 3.05) is 37.8 Å². The van der Waals surface area contributed by atoms with E-state index >= 15 is 0 Å². The van der Waals surface area contributed by atoms with Crippen molar-refractivity contribution in [1.29, 1.82) is 0 Å². The lowest BCUT2D eigenvalue weighted by Gasteiger charge is -2.30. The van der Waals surface area contributed by atoms with Crippen LogP contribution in [0.5, 0.6) is 0 Å². The lowest BCUT2D eigenvalue weighted by atomic mass is 10.2. The van der Waals surface area contributed by atoms with Crippen molar-refractivity contribution in [3.63, 3.8) is 0 Å². The van der Waals surface area contributed by atoms with Crippen molar-refractivity contribution < 1.29 is 19.1 Å². The molecule has 1 aliphatic rings. The van der Waals surface area contributed by atoms with E-state index in [1.165, 1.54) is 0 Å². The van der Waals surface area contributed by atoms with Crippen molar-refractivity contribution in [2.24, 2.45) is 0 Å². The summed E-state index contributed by atoms with van der Waals surface area (Å²) in [5.41, 5.74) is 0. The maximum Gasteiger partial charge on any atom is 0.222 e. The Morgan fingerprint density at radius 3 is 1.72 bits per heavy atom. The van der Waals surface area contributed by atoms with Crippen LogP contribution in [0.15, 0.2) is 37.4 Å². The second-order valence-corrected chi connectivity index (χ2v) is 9.74. The molecule has 2 aromatic rings. The maximum atomic E-state index is 12.0. The molecule has 1 saturated heterocycles. The van der Waals surface area contributed by atoms with Gasteiger partial charge in [0.25, 0.3) is 0 Å². The molecule has 0 saturated carbocycles. The molecule has 3 rings (SSSR count). The van der Waals surface area contributed by atoms with Crippen LogP contribution in [-0.4, -0.2) is 80.9 Å². The number of hydrogen-bond donors (Lipinski definition) is 2. The van der Waals surface area contributed by atoms with Gasteiger partial charge in [0, 0.05) is 75.3 Å². The van der Waals surface area contributed by atoms with Crippen LogP contribution in [-0.2, 0) is 32.2 Å². The molecule has 176 valence electrons. The number of imidazole rings is 2. The first-order chi connectivity index (χ1) is 15.7. The van der Waals surface area contributed by atoms with Crippen LogP contribution >= 0.6 is 21.6 Å². The van der Waals surface area contributed by atoms with Crippen LogP contribution in [0.2, 0.25) is 0 Å². The largest absolute Gasteiger partial charge is 0.374 e. The van der Waals surface area contributed by atoms with Gasteiger partial charge in [0.2, 0.25) is 11.8 Å². The summed E-state index contributed by atoms with van der Waals surface area (Å²) in [7, 11) is 3.49. The van der Waals surface area contributed by atoms with Crippen LogP contribution in [0.3, 0.4) is 0 Å². The zero-order chi connectivity index (χ0) is 22.4. The molecule has 0 bridgehead atoms. The highest BCUT2D eigenvalue weighted by atomic mass is 33.1. The van der Waals surface area contributed by atoms with Gasteiger partial charge in [-0.15, -0.1) is 0 Å². The Morgan fingerprint density at radius 2 is 1.31 bits per heavy atom. The zero-order valence-corrected chi connectivity index (χ0v) is 19.6. The maximum absolute atomic E-state index is 12.0. The van der Waals surface area contributed by atoms with E-state index in [-0.39, 0.29) is 24.0 Å². The standard InChI is InChI=1S/C20H30N6O4S2/c27-19(23-5-9-25-7-3-21-15-25)1-11-29-17-13-31-32-14-18(17)30-12-2-20(28)24-6-10-26-8-4-22-16-26/h3-4,7-8,15-18H,1-2,5-6,9-14H2,(H,23,27)(H,24,28)/t17-,18-/m1/s1. The molecule has 10 nitrogen and oxygen atoms in total. The molecule has 2 atom stereocenters. The number of nitrogens with one attached hydrogen (secondary N) is 2. The van der Waals surface area contributed by atoms with Crippen LogP contribution < -0.4 is 10.6 Å². The minimum absolute atomic E-state index is 0.0345. The summed E-state index contributed by atoms with van der Waals surface area (Å²) in [6.45, 7) is 3.19. The molecule has 3 heterocycles. The Bertz CT molecular complexity index is 724. The first kappa shape index (κ1) is 24.6. The smallest absolute Gasteiger partial charge is 0.222 e. The van der Waals surface area contributed by atoms with Gasteiger partial charge in [0.05, 0.1) is 38.1 Å². The summed E-state index contributed by atoms with van der Waals surface area (Å²) in [4.78, 5) is 31.9. The molecule has 0 aliphatic carbocycles. The first-order valence-electron chi connectivity index (χ1n) is 10.6. The van der Waals surface area contributed by atoms with E-state index in [1.54, 1.807) is 46.6 Å². The normalized spacial score (nSPS) is 18.4. The van der Waals surface area contributed by atoms with E-state index in [0.29, 0.717) is 52.2 Å². The highest BCUT2D eigenvalue weighted by Crippen LogP contribution is 2.32. The fourth-order valence-electron chi connectivity index (χ4n) is 3.03. The summed E-state index contributed by atoms with van der Waals surface area (Å²) >= 11 is 0. The summed E-state index contributed by atoms with van der Waals surface area (Å²) in [6, 6.07) is 0. The van der Waals surface area contributed by atoms with Gasteiger partial charge in [-0.2, -0.15) is 0 Å². The molecule has 2 aromatic heterocycles. The van der Waals surface area contributed by atoms with Crippen molar-refractivity contribution in [3.8, 4) is 0 Å². The van der Waals surface area contributed by atoms with Crippen molar-refractivity contribution >= 4 is 33.4 Å². The molecule has 0 spiro atoms. The van der Waals surface area contributed by atoms with Gasteiger partial charge in [-0.05, 0) is 0 Å². The number of carbonyl (C=O) groups is 2. The van der Waals surface area contributed by atoms with Gasteiger partial charge in [-0.3, -0.25) is 9.59 Å². The Hall–Kier alpha value is -2.02. The molecule has 2 N–H and O–H groups in total. The van der Waals surface area contributed by atoms with E-state index < -0.39 is 0 Å². The summed E-state index contributed by atoms with van der Waals surface area (Å²) in [5.74, 6) is 1.53. The topological polar surface area (TPSA) is 112 Å². The predicted octanol–water partition coefficient (Wildman–Crippen LogP) is 0.958. The molecule has 32 heavy (non-hydrogen) atoms. The van der Waals surface area contributed by atoms with Gasteiger partial charge >= 0.3 is 0 Å². The number of rotatable bonds is 14. The van der Waals surface area contributed by atoms with Crippen molar-refractivity contribution in [2.45, 2.75) is 38.1 Å². The quantitative estimate of drug-likeness (QED) is 0.383. The number of ether oxygens (including phenoxy) is 2. The summed E-state index contributed by atoms with van der Waals surface area (Å²) < 4.78 is 15.7. The minimum Gasteiger partial charge on any atom is -0.374 e. The Balaban J connectivity index is 1.25. The molecule has 2 amide bonds. The van der Waals surface area contributed by atoms with Crippen molar-refractivity contribution in [3.05, 3.63) is 37.4 Å². The van der Waals surface area contributed by atoms with Gasteiger partial charge in [-0.25, -0.2) is 9.97 Å². The molecular weight excluding hydrogens is 452 g/mol. The third kappa shape index (κ3) is 9.23. The minimum atomic E-state index is -0.0794. The molecule has 0 radical (unpaired) electrons. The SMILES string of the molecule is O=C(CCO[C@@H]1CSSC[C@H]1OCCC(=O)NCCn1ccnc1)NCCn1ccnc1. The Kier molecular flexibility index (Phi) is 10.9. The summed E-state index contributed by atoms with van der Waals surface area (Å²) in [5, 5.41) is 5.77. The van der Waals surface area contributed by atoms with Crippen LogP contribution in [0, 0.1) is 0 Å². The average Bonchev–Trinajstić information content (AvgIpc) is 3.49. The number of amides is 2. The van der Waals surface area contributed by atoms with E-state index in [1.807, 2.05) is 21.5 Å². The Labute approximate surface area is 195 Å². The first-order valence-corrected chi connectivity index (χ1v) is 13.1. The fourth-order valence-corrected chi connectivity index (χ4v) is 5.49. The predicted molar refractivity (Wildman–Crippen MR) is 124 cm³/mol. The number of hydrogen-bond acceptors (Lipinski definition) is 8. The van der Waals surface area contributed by atoms with Crippen LogP contribution in [0.4, 0.5) is 0 Å².